The van der Waals surface area contributed by atoms with Crippen LogP contribution in [-0.2, 0) is 30.5 Å². The molecule has 1 unspecified atom stereocenters. The lowest BCUT2D eigenvalue weighted by atomic mass is 9.97. The van der Waals surface area contributed by atoms with Crippen molar-refractivity contribution in [2.75, 3.05) is 19.7 Å². The summed E-state index contributed by atoms with van der Waals surface area (Å²) in [7, 11) is 0. The number of alkyl halides is 3. The molecule has 0 radical (unpaired) electrons. The molecule has 0 aromatic carbocycles. The number of aromatic nitrogens is 4. The fourth-order valence-corrected chi connectivity index (χ4v) is 5.13. The Morgan fingerprint density at radius 3 is 2.81 bits per heavy atom. The molecule has 37 heavy (non-hydrogen) atoms. The maximum absolute atomic E-state index is 15.5. The van der Waals surface area contributed by atoms with Gasteiger partial charge in [0.15, 0.2) is 18.1 Å². The Balaban J connectivity index is 1.35. The summed E-state index contributed by atoms with van der Waals surface area (Å²) in [5.41, 5.74) is 1.18. The summed E-state index contributed by atoms with van der Waals surface area (Å²) in [5, 5.41) is 3.26. The molecule has 5 heterocycles. The number of halogens is 4. The van der Waals surface area contributed by atoms with Crippen LogP contribution in [0.15, 0.2) is 30.6 Å². The lowest BCUT2D eigenvalue weighted by molar-refractivity contribution is -0.144. The van der Waals surface area contributed by atoms with Crippen LogP contribution in [0.3, 0.4) is 0 Å². The van der Waals surface area contributed by atoms with E-state index in [0.29, 0.717) is 37.7 Å². The number of amides is 1. The van der Waals surface area contributed by atoms with Gasteiger partial charge in [0.1, 0.15) is 23.4 Å². The molecule has 6 rings (SSSR count). The van der Waals surface area contributed by atoms with Gasteiger partial charge in [-0.15, -0.1) is 0 Å². The first-order valence-electron chi connectivity index (χ1n) is 12.2. The van der Waals surface area contributed by atoms with Gasteiger partial charge in [-0.2, -0.15) is 13.2 Å². The number of rotatable bonds is 5. The van der Waals surface area contributed by atoms with Gasteiger partial charge in [0, 0.05) is 38.4 Å². The number of carbonyl (C=O) groups excluding carboxylic acids is 1. The Bertz CT molecular complexity index is 1350. The quantitative estimate of drug-likeness (QED) is 0.524. The summed E-state index contributed by atoms with van der Waals surface area (Å²) in [5.74, 6) is -0.530. The number of fused-ring (bicyclic) bond motifs is 3. The molecule has 0 bridgehead atoms. The Kier molecular flexibility index (Phi) is 5.85. The van der Waals surface area contributed by atoms with Gasteiger partial charge in [0.2, 0.25) is 0 Å². The summed E-state index contributed by atoms with van der Waals surface area (Å²) in [6.07, 6.45) is 0.352. The van der Waals surface area contributed by atoms with Crippen molar-refractivity contribution >= 4 is 5.91 Å². The molecule has 0 spiro atoms. The maximum Gasteiger partial charge on any atom is 0.437 e. The van der Waals surface area contributed by atoms with Crippen LogP contribution < -0.4 is 10.1 Å². The molecule has 1 amide bonds. The van der Waals surface area contributed by atoms with E-state index in [-0.39, 0.29) is 12.2 Å². The molecule has 8 nitrogen and oxygen atoms in total. The zero-order chi connectivity index (χ0) is 25.7. The smallest absolute Gasteiger partial charge is 0.437 e. The number of carbonyl (C=O) groups is 1. The number of ether oxygens (including phenoxy) is 1. The summed E-state index contributed by atoms with van der Waals surface area (Å²) in [6.45, 7) is 1.38. The molecule has 3 aliphatic rings. The fraction of sp³-hybridized carbons (Fsp3) is 0.440. The van der Waals surface area contributed by atoms with Gasteiger partial charge in [-0.25, -0.2) is 14.4 Å². The molecule has 1 aliphatic carbocycles. The number of hydrogen-bond donors (Lipinski definition) is 1. The van der Waals surface area contributed by atoms with Gasteiger partial charge in [-0.3, -0.25) is 9.78 Å². The fourth-order valence-electron chi connectivity index (χ4n) is 5.13. The second-order valence-electron chi connectivity index (χ2n) is 9.47. The average molecular weight is 516 g/mol. The third-order valence-electron chi connectivity index (χ3n) is 7.03. The molecule has 194 valence electrons. The highest BCUT2D eigenvalue weighted by Crippen LogP contribution is 2.42. The van der Waals surface area contributed by atoms with E-state index in [9.17, 15) is 18.0 Å². The normalized spacial score (nSPS) is 19.4. The van der Waals surface area contributed by atoms with Crippen LogP contribution in [0.25, 0.3) is 0 Å². The van der Waals surface area contributed by atoms with Crippen molar-refractivity contribution < 1.29 is 27.1 Å². The molecule has 2 aliphatic heterocycles. The van der Waals surface area contributed by atoms with E-state index in [0.717, 1.165) is 42.2 Å². The van der Waals surface area contributed by atoms with Crippen LogP contribution >= 0.6 is 0 Å². The minimum Gasteiger partial charge on any atom is -0.481 e. The lowest BCUT2D eigenvalue weighted by Crippen LogP contribution is -2.44. The molecular formula is C25H24F4N6O2. The minimum absolute atomic E-state index is 0.0947. The third kappa shape index (κ3) is 4.43. The first-order valence-corrected chi connectivity index (χ1v) is 12.2. The highest BCUT2D eigenvalue weighted by atomic mass is 19.4. The van der Waals surface area contributed by atoms with E-state index in [2.05, 4.69) is 15.3 Å². The van der Waals surface area contributed by atoms with Gasteiger partial charge < -0.3 is 19.5 Å². The number of imidazole rings is 1. The van der Waals surface area contributed by atoms with E-state index in [1.165, 1.54) is 17.0 Å². The monoisotopic (exact) mass is 516 g/mol. The predicted octanol–water partition coefficient (Wildman–Crippen LogP) is 3.36. The first kappa shape index (κ1) is 23.8. The lowest BCUT2D eigenvalue weighted by Gasteiger charge is -2.36. The van der Waals surface area contributed by atoms with Crippen LogP contribution in [0.4, 0.5) is 17.6 Å². The Labute approximate surface area is 209 Å². The highest BCUT2D eigenvalue weighted by molar-refractivity contribution is 5.79. The van der Waals surface area contributed by atoms with Crippen molar-refractivity contribution in [1.29, 1.82) is 0 Å². The summed E-state index contributed by atoms with van der Waals surface area (Å²) >= 11 is 0. The van der Waals surface area contributed by atoms with E-state index >= 15 is 4.39 Å². The molecule has 12 heteroatoms. The number of nitrogens with one attached hydrogen (secondary N) is 1. The van der Waals surface area contributed by atoms with Gasteiger partial charge in [-0.1, -0.05) is 0 Å². The third-order valence-corrected chi connectivity index (χ3v) is 7.03. The van der Waals surface area contributed by atoms with Crippen molar-refractivity contribution in [3.8, 4) is 5.75 Å². The molecule has 1 atom stereocenters. The van der Waals surface area contributed by atoms with Crippen molar-refractivity contribution in [3.05, 3.63) is 70.6 Å². The zero-order valence-corrected chi connectivity index (χ0v) is 19.8. The second kappa shape index (κ2) is 9.09. The van der Waals surface area contributed by atoms with Crippen molar-refractivity contribution in [2.24, 2.45) is 0 Å². The Morgan fingerprint density at radius 1 is 1.22 bits per heavy atom. The first-order chi connectivity index (χ1) is 17.8. The van der Waals surface area contributed by atoms with Crippen molar-refractivity contribution in [2.45, 2.75) is 50.5 Å². The van der Waals surface area contributed by atoms with E-state index in [1.807, 2.05) is 4.57 Å². The molecule has 1 fully saturated rings. The molecule has 3 aromatic heterocycles. The summed E-state index contributed by atoms with van der Waals surface area (Å²) in [4.78, 5) is 27.4. The van der Waals surface area contributed by atoms with Crippen LogP contribution in [0.2, 0.25) is 0 Å². The SMILES string of the molecule is O=C(COc1cccnc1C(F)(F)F)N1CCc2nc3n(c2C1c1ncc(C2CC2)cc1F)CCNC3. The van der Waals surface area contributed by atoms with E-state index < -0.39 is 42.0 Å². The van der Waals surface area contributed by atoms with Crippen molar-refractivity contribution in [1.82, 2.24) is 29.7 Å². The van der Waals surface area contributed by atoms with Gasteiger partial charge in [0.25, 0.3) is 5.91 Å². The minimum atomic E-state index is -4.73. The van der Waals surface area contributed by atoms with Crippen molar-refractivity contribution in [3.63, 3.8) is 0 Å². The van der Waals surface area contributed by atoms with Gasteiger partial charge >= 0.3 is 6.18 Å². The maximum atomic E-state index is 15.5. The number of nitrogens with zero attached hydrogens (tertiary/aromatic N) is 5. The van der Waals surface area contributed by atoms with Gasteiger partial charge in [0.05, 0.1) is 17.9 Å². The summed E-state index contributed by atoms with van der Waals surface area (Å²) in [6, 6.07) is 3.03. The standard InChI is InChI=1S/C25H24F4N6O2/c26-16-10-15(14-3-4-14)11-32-21(16)23-22-17(33-19-12-30-7-9-34(19)22)5-8-35(23)20(36)13-37-18-2-1-6-31-24(18)25(27,28)29/h1-2,6,10-11,14,23,30H,3-5,7-9,12-13H2. The Hall–Kier alpha value is -3.54. The predicted molar refractivity (Wildman–Crippen MR) is 122 cm³/mol. The molecule has 1 N–H and O–H groups in total. The zero-order valence-electron chi connectivity index (χ0n) is 19.8. The topological polar surface area (TPSA) is 85.2 Å². The summed E-state index contributed by atoms with van der Waals surface area (Å²) < 4.78 is 62.8. The molecule has 3 aromatic rings. The Morgan fingerprint density at radius 2 is 2.05 bits per heavy atom. The number of hydrogen-bond acceptors (Lipinski definition) is 6. The van der Waals surface area contributed by atoms with E-state index in [4.69, 9.17) is 9.72 Å². The van der Waals surface area contributed by atoms with Gasteiger partial charge in [-0.05, 0) is 42.5 Å². The van der Waals surface area contributed by atoms with E-state index in [1.54, 1.807) is 6.20 Å². The second-order valence-corrected chi connectivity index (χ2v) is 9.47. The molecule has 1 saturated carbocycles. The largest absolute Gasteiger partial charge is 0.481 e. The van der Waals surface area contributed by atoms with Crippen LogP contribution in [-0.4, -0.2) is 50.0 Å². The molecular weight excluding hydrogens is 492 g/mol. The molecule has 0 saturated heterocycles. The van der Waals surface area contributed by atoms with Crippen LogP contribution in [0.5, 0.6) is 5.75 Å². The van der Waals surface area contributed by atoms with Crippen LogP contribution in [0.1, 0.15) is 59.0 Å². The number of pyridine rings is 2. The average Bonchev–Trinajstić information content (AvgIpc) is 3.67. The van der Waals surface area contributed by atoms with Crippen LogP contribution in [0, 0.1) is 5.82 Å². The highest BCUT2D eigenvalue weighted by Gasteiger charge is 2.41.